The number of hydrogen-bond donors (Lipinski definition) is 1. The van der Waals surface area contributed by atoms with E-state index in [-0.39, 0.29) is 0 Å². The summed E-state index contributed by atoms with van der Waals surface area (Å²) in [5, 5.41) is 0. The van der Waals surface area contributed by atoms with Gasteiger partial charge in [-0.05, 0) is 51.3 Å². The summed E-state index contributed by atoms with van der Waals surface area (Å²) in [4.78, 5) is 6.72. The molecule has 2 unspecified atom stereocenters. The molecular weight excluding hydrogens is 198 g/mol. The summed E-state index contributed by atoms with van der Waals surface area (Å²) in [6, 6.07) is 4.88. The number of pyridine rings is 1. The van der Waals surface area contributed by atoms with Crippen LogP contribution in [-0.2, 0) is 0 Å². The van der Waals surface area contributed by atoms with Crippen LogP contribution in [0.3, 0.4) is 0 Å². The zero-order valence-corrected chi connectivity index (χ0v) is 10.2. The van der Waals surface area contributed by atoms with Gasteiger partial charge in [0.25, 0.3) is 0 Å². The van der Waals surface area contributed by atoms with Gasteiger partial charge >= 0.3 is 0 Å². The summed E-state index contributed by atoms with van der Waals surface area (Å²) in [5.41, 5.74) is 8.15. The van der Waals surface area contributed by atoms with Gasteiger partial charge in [-0.25, -0.2) is 0 Å². The Morgan fingerprint density at radius 2 is 2.31 bits per heavy atom. The zero-order chi connectivity index (χ0) is 11.5. The maximum atomic E-state index is 5.78. The highest BCUT2D eigenvalue weighted by atomic mass is 15.2. The lowest BCUT2D eigenvalue weighted by molar-refractivity contribution is 0.374. The van der Waals surface area contributed by atoms with Crippen LogP contribution in [0, 0.1) is 12.8 Å². The summed E-state index contributed by atoms with van der Waals surface area (Å²) in [5.74, 6) is 0.643. The third kappa shape index (κ3) is 2.35. The smallest absolute Gasteiger partial charge is 0.0402 e. The Hall–Kier alpha value is -1.09. The Labute approximate surface area is 97.7 Å². The molecule has 1 aliphatic heterocycles. The van der Waals surface area contributed by atoms with Gasteiger partial charge in [-0.1, -0.05) is 0 Å². The molecule has 1 aromatic rings. The van der Waals surface area contributed by atoms with E-state index in [9.17, 15) is 0 Å². The van der Waals surface area contributed by atoms with Gasteiger partial charge in [0.05, 0.1) is 0 Å². The molecule has 0 aliphatic carbocycles. The number of piperidine rings is 1. The van der Waals surface area contributed by atoms with Crippen LogP contribution in [0.2, 0.25) is 0 Å². The highest BCUT2D eigenvalue weighted by Gasteiger charge is 2.24. The molecule has 0 bridgehead atoms. The molecule has 16 heavy (non-hydrogen) atoms. The van der Waals surface area contributed by atoms with E-state index in [1.165, 1.54) is 18.5 Å². The highest BCUT2D eigenvalue weighted by molar-refractivity contribution is 5.47. The number of aromatic nitrogens is 1. The van der Waals surface area contributed by atoms with E-state index in [1.807, 2.05) is 13.1 Å². The second kappa shape index (κ2) is 4.83. The molecular formula is C13H21N3. The molecule has 0 amide bonds. The Bertz CT molecular complexity index is 351. The number of anilines is 1. The Morgan fingerprint density at radius 1 is 1.50 bits per heavy atom. The van der Waals surface area contributed by atoms with Gasteiger partial charge in [0.2, 0.25) is 0 Å². The van der Waals surface area contributed by atoms with Crippen molar-refractivity contribution in [3.63, 3.8) is 0 Å². The van der Waals surface area contributed by atoms with Gasteiger partial charge in [-0.2, -0.15) is 0 Å². The molecule has 3 nitrogen and oxygen atoms in total. The van der Waals surface area contributed by atoms with Crippen LogP contribution >= 0.6 is 0 Å². The van der Waals surface area contributed by atoms with E-state index in [0.29, 0.717) is 12.0 Å². The van der Waals surface area contributed by atoms with Crippen LogP contribution < -0.4 is 10.6 Å². The minimum Gasteiger partial charge on any atom is -0.368 e. The fraction of sp³-hybridized carbons (Fsp3) is 0.615. The number of nitrogens with zero attached hydrogens (tertiary/aromatic N) is 2. The molecule has 1 saturated heterocycles. The van der Waals surface area contributed by atoms with Crippen molar-refractivity contribution >= 4 is 5.69 Å². The molecule has 2 heterocycles. The molecule has 2 N–H and O–H groups in total. The van der Waals surface area contributed by atoms with Crippen molar-refractivity contribution in [3.05, 3.63) is 24.0 Å². The van der Waals surface area contributed by atoms with E-state index >= 15 is 0 Å². The van der Waals surface area contributed by atoms with E-state index in [2.05, 4.69) is 28.9 Å². The maximum absolute atomic E-state index is 5.78. The fourth-order valence-corrected chi connectivity index (χ4v) is 2.44. The van der Waals surface area contributed by atoms with Crippen molar-refractivity contribution < 1.29 is 0 Å². The maximum Gasteiger partial charge on any atom is 0.0402 e. The first kappa shape index (κ1) is 11.4. The van der Waals surface area contributed by atoms with Crippen LogP contribution in [0.5, 0.6) is 0 Å². The van der Waals surface area contributed by atoms with Crippen LogP contribution in [0.15, 0.2) is 18.3 Å². The monoisotopic (exact) mass is 219 g/mol. The van der Waals surface area contributed by atoms with Gasteiger partial charge in [0.15, 0.2) is 0 Å². The molecule has 1 aliphatic rings. The van der Waals surface area contributed by atoms with Gasteiger partial charge in [0.1, 0.15) is 0 Å². The normalized spacial score (nSPS) is 25.8. The van der Waals surface area contributed by atoms with Gasteiger partial charge < -0.3 is 10.6 Å². The lowest BCUT2D eigenvalue weighted by Crippen LogP contribution is -2.44. The molecule has 1 fully saturated rings. The highest BCUT2D eigenvalue weighted by Crippen LogP contribution is 2.27. The molecule has 3 heteroatoms. The van der Waals surface area contributed by atoms with Gasteiger partial charge in [0, 0.05) is 30.2 Å². The molecule has 2 atom stereocenters. The van der Waals surface area contributed by atoms with Crippen molar-refractivity contribution in [2.24, 2.45) is 11.7 Å². The summed E-state index contributed by atoms with van der Waals surface area (Å²) < 4.78 is 0. The van der Waals surface area contributed by atoms with Crippen molar-refractivity contribution in [2.75, 3.05) is 18.0 Å². The summed E-state index contributed by atoms with van der Waals surface area (Å²) in [6.45, 7) is 6.22. The Balaban J connectivity index is 2.17. The van der Waals surface area contributed by atoms with Crippen LogP contribution in [0.4, 0.5) is 5.69 Å². The lowest BCUT2D eigenvalue weighted by atomic mass is 9.93. The lowest BCUT2D eigenvalue weighted by Gasteiger charge is -2.39. The molecule has 88 valence electrons. The molecule has 0 radical (unpaired) electrons. The van der Waals surface area contributed by atoms with Crippen LogP contribution in [-0.4, -0.2) is 24.1 Å². The van der Waals surface area contributed by atoms with Gasteiger partial charge in [-0.15, -0.1) is 0 Å². The van der Waals surface area contributed by atoms with Crippen molar-refractivity contribution in [1.82, 2.24) is 4.98 Å². The first-order valence-electron chi connectivity index (χ1n) is 6.10. The topological polar surface area (TPSA) is 42.1 Å². The first-order valence-corrected chi connectivity index (χ1v) is 6.10. The predicted octanol–water partition coefficient (Wildman–Crippen LogP) is 1.95. The quantitative estimate of drug-likeness (QED) is 0.826. The molecule has 0 spiro atoms. The average Bonchev–Trinajstić information content (AvgIpc) is 2.30. The third-order valence-corrected chi connectivity index (χ3v) is 3.52. The average molecular weight is 219 g/mol. The van der Waals surface area contributed by atoms with E-state index < -0.39 is 0 Å². The fourth-order valence-electron chi connectivity index (χ4n) is 2.44. The predicted molar refractivity (Wildman–Crippen MR) is 67.6 cm³/mol. The minimum atomic E-state index is 0.615. The minimum absolute atomic E-state index is 0.615. The zero-order valence-electron chi connectivity index (χ0n) is 10.2. The van der Waals surface area contributed by atoms with Crippen molar-refractivity contribution in [3.8, 4) is 0 Å². The van der Waals surface area contributed by atoms with Crippen molar-refractivity contribution in [2.45, 2.75) is 32.7 Å². The standard InChI is InChI=1S/C13H21N3/c1-10-7-13(5-6-15-10)16-9-12(8-14)4-3-11(16)2/h5-7,11-12H,3-4,8-9,14H2,1-2H3. The van der Waals surface area contributed by atoms with Crippen LogP contribution in [0.1, 0.15) is 25.5 Å². The number of rotatable bonds is 2. The van der Waals surface area contributed by atoms with E-state index in [0.717, 1.165) is 18.8 Å². The summed E-state index contributed by atoms with van der Waals surface area (Å²) >= 11 is 0. The summed E-state index contributed by atoms with van der Waals surface area (Å²) in [7, 11) is 0. The number of nitrogens with two attached hydrogens (primary N) is 1. The SMILES string of the molecule is Cc1cc(N2CC(CN)CCC2C)ccn1. The third-order valence-electron chi connectivity index (χ3n) is 3.52. The Morgan fingerprint density at radius 3 is 3.00 bits per heavy atom. The molecule has 2 rings (SSSR count). The molecule has 1 aromatic heterocycles. The van der Waals surface area contributed by atoms with E-state index in [4.69, 9.17) is 5.73 Å². The van der Waals surface area contributed by atoms with Crippen LogP contribution in [0.25, 0.3) is 0 Å². The van der Waals surface area contributed by atoms with E-state index in [1.54, 1.807) is 0 Å². The van der Waals surface area contributed by atoms with Crippen molar-refractivity contribution in [1.29, 1.82) is 0 Å². The summed E-state index contributed by atoms with van der Waals surface area (Å²) in [6.07, 6.45) is 4.39. The second-order valence-electron chi connectivity index (χ2n) is 4.84. The van der Waals surface area contributed by atoms with Gasteiger partial charge in [-0.3, -0.25) is 4.98 Å². The molecule has 0 aromatic carbocycles. The molecule has 0 saturated carbocycles. The number of hydrogen-bond acceptors (Lipinski definition) is 3. The number of aryl methyl sites for hydroxylation is 1. The largest absolute Gasteiger partial charge is 0.368 e. The Kier molecular flexibility index (Phi) is 3.44. The second-order valence-corrected chi connectivity index (χ2v) is 4.84. The first-order chi connectivity index (χ1) is 7.70.